The lowest BCUT2D eigenvalue weighted by atomic mass is 10.00. The summed E-state index contributed by atoms with van der Waals surface area (Å²) in [5.41, 5.74) is 24.9. The third-order valence-corrected chi connectivity index (χ3v) is 12.1. The van der Waals surface area contributed by atoms with Crippen molar-refractivity contribution >= 4 is 59.9 Å². The molecule has 0 aliphatic rings. The standard InChI is InChI=1S/C50H81N11O10S/c1-30(2)26-40(50(70)71)59-48(68)41(29-72)60-47(67)39(28-33-19-21-34(62)22-20-33)58-46(66)37(17-9-12-24-52)56-44(64)36(16-8-11-23-51)55-45(65)38(18-10-13-25-53)57-49(69)42(31(3)4)61-43(63)35(54)27-32-14-6-5-7-15-32/h5-7,14-15,19-22,30-31,35-42,62,72H,8-13,16-18,23-29,51-54H2,1-4H3,(H,55,65)(H,56,64)(H,57,69)(H,58,66)(H,59,68)(H,60,67)(H,61,63)(H,70,71)/t35-,36-,37-,38-,39-,40-,41-,42-/m0/s1. The van der Waals surface area contributed by atoms with Crippen LogP contribution in [-0.2, 0) is 51.2 Å². The Kier molecular flexibility index (Phi) is 29.2. The molecule has 0 aliphatic carbocycles. The molecule has 0 aliphatic heterocycles. The predicted octanol–water partition coefficient (Wildman–Crippen LogP) is 0.00180. The number of aromatic hydroxyl groups is 1. The molecule has 2 aromatic rings. The summed E-state index contributed by atoms with van der Waals surface area (Å²) in [6.45, 7) is 7.95. The van der Waals surface area contributed by atoms with E-state index in [4.69, 9.17) is 22.9 Å². The minimum atomic E-state index is -1.37. The summed E-state index contributed by atoms with van der Waals surface area (Å²) in [5.74, 6) is -7.04. The number of carboxylic acids is 1. The Balaban J connectivity index is 2.42. The van der Waals surface area contributed by atoms with Crippen LogP contribution >= 0.6 is 12.6 Å². The van der Waals surface area contributed by atoms with Crippen LogP contribution in [0.4, 0.5) is 0 Å². The number of aliphatic carboxylic acids is 1. The van der Waals surface area contributed by atoms with Crippen molar-refractivity contribution in [2.75, 3.05) is 25.4 Å². The van der Waals surface area contributed by atoms with E-state index in [1.807, 2.05) is 30.3 Å². The average Bonchev–Trinajstić information content (AvgIpc) is 3.33. The van der Waals surface area contributed by atoms with E-state index in [0.29, 0.717) is 57.2 Å². The molecule has 2 rings (SSSR count). The number of nitrogens with one attached hydrogen (secondary N) is 7. The first-order valence-electron chi connectivity index (χ1n) is 24.9. The van der Waals surface area contributed by atoms with E-state index in [0.717, 1.165) is 5.56 Å². The van der Waals surface area contributed by atoms with Gasteiger partial charge >= 0.3 is 5.97 Å². The molecule has 22 heteroatoms. The first kappa shape index (κ1) is 62.3. The van der Waals surface area contributed by atoms with Gasteiger partial charge in [-0.1, -0.05) is 70.2 Å². The Hall–Kier alpha value is -5.81. The van der Waals surface area contributed by atoms with Crippen LogP contribution < -0.4 is 60.2 Å². The molecule has 21 nitrogen and oxygen atoms in total. The molecule has 0 radical (unpaired) electrons. The molecule has 7 amide bonds. The quantitative estimate of drug-likeness (QED) is 0.0320. The summed E-state index contributed by atoms with van der Waals surface area (Å²) in [7, 11) is 0. The van der Waals surface area contributed by atoms with Crippen molar-refractivity contribution in [1.82, 2.24) is 37.2 Å². The molecule has 0 fully saturated rings. The van der Waals surface area contributed by atoms with Crippen molar-refractivity contribution in [2.45, 2.75) is 153 Å². The van der Waals surface area contributed by atoms with E-state index >= 15 is 0 Å². The second-order valence-corrected chi connectivity index (χ2v) is 19.1. The number of nitrogens with two attached hydrogens (primary N) is 4. The van der Waals surface area contributed by atoms with Gasteiger partial charge in [-0.25, -0.2) is 4.79 Å². The van der Waals surface area contributed by atoms with Crippen molar-refractivity contribution < 1.29 is 48.6 Å². The molecular weight excluding hydrogens is 947 g/mol. The number of amides is 7. The zero-order valence-corrected chi connectivity index (χ0v) is 43.1. The van der Waals surface area contributed by atoms with Crippen LogP contribution in [0, 0.1) is 11.8 Å². The third-order valence-electron chi connectivity index (χ3n) is 11.8. The van der Waals surface area contributed by atoms with E-state index < -0.39 is 102 Å². The van der Waals surface area contributed by atoms with Gasteiger partial charge < -0.3 is 70.4 Å². The Morgan fingerprint density at radius 1 is 0.500 bits per heavy atom. The smallest absolute Gasteiger partial charge is 0.326 e. The van der Waals surface area contributed by atoms with Crippen molar-refractivity contribution in [2.24, 2.45) is 34.8 Å². The van der Waals surface area contributed by atoms with E-state index in [9.17, 15) is 48.6 Å². The summed E-state index contributed by atoms with van der Waals surface area (Å²) < 4.78 is 0. The molecule has 0 heterocycles. The number of phenolic OH excluding ortho intramolecular Hbond substituents is 1. The molecule has 0 saturated carbocycles. The summed E-state index contributed by atoms with van der Waals surface area (Å²) in [6.07, 6.45) is 3.21. The minimum Gasteiger partial charge on any atom is -0.508 e. The van der Waals surface area contributed by atoms with Crippen LogP contribution in [-0.4, -0.2) is 131 Å². The summed E-state index contributed by atoms with van der Waals surface area (Å²) >= 11 is 4.23. The first-order valence-corrected chi connectivity index (χ1v) is 25.5. The van der Waals surface area contributed by atoms with Gasteiger partial charge in [0.2, 0.25) is 41.4 Å². The van der Waals surface area contributed by atoms with Gasteiger partial charge in [0.25, 0.3) is 0 Å². The van der Waals surface area contributed by atoms with Gasteiger partial charge in [-0.2, -0.15) is 12.6 Å². The number of hydrogen-bond acceptors (Lipinski definition) is 14. The maximum atomic E-state index is 14.3. The first-order chi connectivity index (χ1) is 34.2. The van der Waals surface area contributed by atoms with Crippen molar-refractivity contribution in [3.8, 4) is 5.75 Å². The Bertz CT molecular complexity index is 2010. The summed E-state index contributed by atoms with van der Waals surface area (Å²) in [4.78, 5) is 109. The van der Waals surface area contributed by atoms with Crippen molar-refractivity contribution in [3.05, 3.63) is 65.7 Å². The van der Waals surface area contributed by atoms with E-state index in [1.54, 1.807) is 27.7 Å². The maximum Gasteiger partial charge on any atom is 0.326 e. The molecule has 0 aromatic heterocycles. The molecule has 17 N–H and O–H groups in total. The second kappa shape index (κ2) is 33.8. The fourth-order valence-electron chi connectivity index (χ4n) is 7.63. The predicted molar refractivity (Wildman–Crippen MR) is 278 cm³/mol. The van der Waals surface area contributed by atoms with Gasteiger partial charge in [0.15, 0.2) is 0 Å². The molecule has 72 heavy (non-hydrogen) atoms. The number of phenols is 1. The van der Waals surface area contributed by atoms with E-state index in [2.05, 4.69) is 49.8 Å². The van der Waals surface area contributed by atoms with Crippen molar-refractivity contribution in [3.63, 3.8) is 0 Å². The van der Waals surface area contributed by atoms with Crippen LogP contribution in [0.1, 0.15) is 103 Å². The summed E-state index contributed by atoms with van der Waals surface area (Å²) in [5, 5.41) is 38.4. The van der Waals surface area contributed by atoms with Crippen LogP contribution in [0.2, 0.25) is 0 Å². The molecule has 402 valence electrons. The second-order valence-electron chi connectivity index (χ2n) is 18.8. The molecule has 0 bridgehead atoms. The number of hydrogen-bond donors (Lipinski definition) is 14. The zero-order chi connectivity index (χ0) is 53.8. The monoisotopic (exact) mass is 1030 g/mol. The normalized spacial score (nSPS) is 14.6. The highest BCUT2D eigenvalue weighted by Gasteiger charge is 2.35. The summed E-state index contributed by atoms with van der Waals surface area (Å²) in [6, 6.07) is 5.44. The fourth-order valence-corrected chi connectivity index (χ4v) is 7.88. The molecule has 0 spiro atoms. The molecule has 0 unspecified atom stereocenters. The topological polar surface area (TPSA) is 365 Å². The lowest BCUT2D eigenvalue weighted by molar-refractivity contribution is -0.142. The molecule has 8 atom stereocenters. The SMILES string of the molecule is CC(C)C[C@H](NC(=O)[C@H](CS)NC(=O)[C@H](Cc1ccc(O)cc1)NC(=O)[C@H](CCCCN)NC(=O)[C@H](CCCCN)NC(=O)[C@H](CCCCN)NC(=O)[C@@H](NC(=O)[C@@H](N)Cc1ccccc1)C(C)C)C(=O)O. The Morgan fingerprint density at radius 2 is 0.903 bits per heavy atom. The largest absolute Gasteiger partial charge is 0.508 e. The Morgan fingerprint density at radius 3 is 1.33 bits per heavy atom. The van der Waals surface area contributed by atoms with Gasteiger partial charge in [0.1, 0.15) is 48.0 Å². The fraction of sp³-hybridized carbons (Fsp3) is 0.600. The number of thiol groups is 1. The van der Waals surface area contributed by atoms with Crippen LogP contribution in [0.5, 0.6) is 5.75 Å². The average molecular weight is 1030 g/mol. The minimum absolute atomic E-state index is 0.0476. The van der Waals surface area contributed by atoms with E-state index in [-0.39, 0.29) is 62.5 Å². The number of carboxylic acid groups (broad SMARTS) is 1. The highest BCUT2D eigenvalue weighted by Crippen LogP contribution is 2.14. The Labute approximate surface area is 429 Å². The van der Waals surface area contributed by atoms with Crippen molar-refractivity contribution in [1.29, 1.82) is 0 Å². The molecule has 0 saturated heterocycles. The van der Waals surface area contributed by atoms with Gasteiger partial charge in [-0.15, -0.1) is 0 Å². The van der Waals surface area contributed by atoms with Gasteiger partial charge in [-0.3, -0.25) is 33.6 Å². The molecular formula is C50H81N11O10S. The number of carbonyl (C=O) groups is 8. The lowest BCUT2D eigenvalue weighted by Crippen LogP contribution is -2.61. The van der Waals surface area contributed by atoms with Gasteiger partial charge in [-0.05, 0) is 125 Å². The number of carbonyl (C=O) groups excluding carboxylic acids is 7. The van der Waals surface area contributed by atoms with Gasteiger partial charge in [0, 0.05) is 12.2 Å². The number of unbranched alkanes of at least 4 members (excludes halogenated alkanes) is 3. The number of benzene rings is 2. The highest BCUT2D eigenvalue weighted by molar-refractivity contribution is 7.80. The zero-order valence-electron chi connectivity index (χ0n) is 42.2. The number of rotatable bonds is 35. The third kappa shape index (κ3) is 23.2. The van der Waals surface area contributed by atoms with E-state index in [1.165, 1.54) is 24.3 Å². The van der Waals surface area contributed by atoms with Crippen LogP contribution in [0.15, 0.2) is 54.6 Å². The molecule has 2 aromatic carbocycles. The van der Waals surface area contributed by atoms with Crippen LogP contribution in [0.25, 0.3) is 0 Å². The lowest BCUT2D eigenvalue weighted by Gasteiger charge is -2.28. The van der Waals surface area contributed by atoms with Crippen LogP contribution in [0.3, 0.4) is 0 Å². The van der Waals surface area contributed by atoms with Gasteiger partial charge in [0.05, 0.1) is 6.04 Å². The maximum absolute atomic E-state index is 14.3. The highest BCUT2D eigenvalue weighted by atomic mass is 32.1.